The summed E-state index contributed by atoms with van der Waals surface area (Å²) in [4.78, 5) is 13.5. The van der Waals surface area contributed by atoms with Crippen molar-refractivity contribution in [3.05, 3.63) is 64.5 Å². The van der Waals surface area contributed by atoms with E-state index in [0.717, 1.165) is 17.7 Å². The summed E-state index contributed by atoms with van der Waals surface area (Å²) < 4.78 is 81.3. The molecule has 0 radical (unpaired) electrons. The molecule has 35 heavy (non-hydrogen) atoms. The van der Waals surface area contributed by atoms with Gasteiger partial charge >= 0.3 is 12.1 Å². The SMILES string of the molecule is CC1CN(Cc2ccc(C(F)(F)F)c(F)c2)CC(C)N1S(=O)(=O)c1cccc2c1CC(C(=O)O)C2. The molecule has 3 unspecified atom stereocenters. The van der Waals surface area contributed by atoms with Crippen LogP contribution in [0.5, 0.6) is 0 Å². The smallest absolute Gasteiger partial charge is 0.419 e. The second kappa shape index (κ2) is 9.18. The summed E-state index contributed by atoms with van der Waals surface area (Å²) in [7, 11) is -3.93. The molecule has 0 saturated carbocycles. The summed E-state index contributed by atoms with van der Waals surface area (Å²) in [5, 5.41) is 9.39. The second-order valence-corrected chi connectivity index (χ2v) is 11.2. The van der Waals surface area contributed by atoms with E-state index in [2.05, 4.69) is 0 Å². The maximum absolute atomic E-state index is 14.0. The van der Waals surface area contributed by atoms with Crippen LogP contribution in [-0.2, 0) is 40.4 Å². The first kappa shape index (κ1) is 25.6. The number of halogens is 4. The predicted octanol–water partition coefficient (Wildman–Crippen LogP) is 3.93. The van der Waals surface area contributed by atoms with Crippen LogP contribution in [0.15, 0.2) is 41.3 Å². The van der Waals surface area contributed by atoms with Crippen LogP contribution in [0.2, 0.25) is 0 Å². The van der Waals surface area contributed by atoms with E-state index in [9.17, 15) is 35.9 Å². The first-order chi connectivity index (χ1) is 16.3. The lowest BCUT2D eigenvalue weighted by Crippen LogP contribution is -2.58. The highest BCUT2D eigenvalue weighted by atomic mass is 32.2. The summed E-state index contributed by atoms with van der Waals surface area (Å²) in [5.74, 6) is -2.95. The Balaban J connectivity index is 1.53. The molecule has 3 atom stereocenters. The quantitative estimate of drug-likeness (QED) is 0.612. The molecule has 11 heteroatoms. The van der Waals surface area contributed by atoms with Crippen molar-refractivity contribution in [2.24, 2.45) is 5.92 Å². The molecular formula is C24H26F4N2O4S. The fraction of sp³-hybridized carbons (Fsp3) is 0.458. The normalized spacial score (nSPS) is 23.9. The number of carbonyl (C=O) groups is 1. The molecule has 6 nitrogen and oxygen atoms in total. The van der Waals surface area contributed by atoms with E-state index < -0.39 is 51.6 Å². The zero-order valence-corrected chi connectivity index (χ0v) is 20.0. The van der Waals surface area contributed by atoms with Crippen LogP contribution in [0.3, 0.4) is 0 Å². The van der Waals surface area contributed by atoms with E-state index in [1.165, 1.54) is 16.4 Å². The zero-order valence-electron chi connectivity index (χ0n) is 19.2. The van der Waals surface area contributed by atoms with Crippen LogP contribution < -0.4 is 0 Å². The van der Waals surface area contributed by atoms with Crippen molar-refractivity contribution >= 4 is 16.0 Å². The third-order valence-electron chi connectivity index (χ3n) is 6.71. The molecule has 0 bridgehead atoms. The molecule has 0 aromatic heterocycles. The number of sulfonamides is 1. The average molecular weight is 515 g/mol. The number of alkyl halides is 3. The second-order valence-electron chi connectivity index (χ2n) is 9.38. The number of hydrogen-bond donors (Lipinski definition) is 1. The maximum Gasteiger partial charge on any atom is 0.419 e. The van der Waals surface area contributed by atoms with Gasteiger partial charge in [-0.25, -0.2) is 12.8 Å². The van der Waals surface area contributed by atoms with E-state index in [-0.39, 0.29) is 24.3 Å². The van der Waals surface area contributed by atoms with Gasteiger partial charge in [0.15, 0.2) is 0 Å². The number of aliphatic carboxylic acids is 1. The van der Waals surface area contributed by atoms with Gasteiger partial charge in [0.05, 0.1) is 16.4 Å². The molecule has 2 aromatic rings. The summed E-state index contributed by atoms with van der Waals surface area (Å²) in [5.41, 5.74) is 0.315. The van der Waals surface area contributed by atoms with Gasteiger partial charge in [0, 0.05) is 31.7 Å². The Morgan fingerprint density at radius 3 is 2.31 bits per heavy atom. The highest BCUT2D eigenvalue weighted by Crippen LogP contribution is 2.36. The van der Waals surface area contributed by atoms with Gasteiger partial charge in [-0.2, -0.15) is 17.5 Å². The van der Waals surface area contributed by atoms with Crippen LogP contribution in [0.1, 0.15) is 36.1 Å². The Hall–Kier alpha value is -2.50. The summed E-state index contributed by atoms with van der Waals surface area (Å²) >= 11 is 0. The number of nitrogens with zero attached hydrogens (tertiary/aromatic N) is 2. The van der Waals surface area contributed by atoms with Crippen molar-refractivity contribution in [2.75, 3.05) is 13.1 Å². The van der Waals surface area contributed by atoms with Crippen LogP contribution in [-0.4, -0.2) is 53.9 Å². The average Bonchev–Trinajstić information content (AvgIpc) is 3.16. The third kappa shape index (κ3) is 4.94. The minimum Gasteiger partial charge on any atom is -0.481 e. The Labute approximate surface area is 201 Å². The Bertz CT molecular complexity index is 1240. The molecule has 4 rings (SSSR count). The zero-order chi connectivity index (χ0) is 25.7. The van der Waals surface area contributed by atoms with Crippen molar-refractivity contribution < 1.29 is 35.9 Å². The summed E-state index contributed by atoms with van der Waals surface area (Å²) in [6.45, 7) is 4.28. The molecule has 1 saturated heterocycles. The van der Waals surface area contributed by atoms with Crippen LogP contribution >= 0.6 is 0 Å². The van der Waals surface area contributed by atoms with Crippen molar-refractivity contribution in [1.29, 1.82) is 0 Å². The molecule has 2 aromatic carbocycles. The maximum atomic E-state index is 14.0. The molecule has 2 aliphatic rings. The fourth-order valence-corrected chi connectivity index (χ4v) is 7.40. The number of hydrogen-bond acceptors (Lipinski definition) is 4. The van der Waals surface area contributed by atoms with Gasteiger partial charge in [-0.15, -0.1) is 0 Å². The lowest BCUT2D eigenvalue weighted by atomic mass is 10.1. The minimum absolute atomic E-state index is 0.121. The molecule has 1 aliphatic heterocycles. The third-order valence-corrected chi connectivity index (χ3v) is 8.92. The predicted molar refractivity (Wildman–Crippen MR) is 120 cm³/mol. The van der Waals surface area contributed by atoms with Gasteiger partial charge in [0.2, 0.25) is 10.0 Å². The van der Waals surface area contributed by atoms with Crippen molar-refractivity contribution in [3.63, 3.8) is 0 Å². The van der Waals surface area contributed by atoms with Gasteiger partial charge < -0.3 is 5.11 Å². The lowest BCUT2D eigenvalue weighted by molar-refractivity contribution is -0.141. The van der Waals surface area contributed by atoms with Gasteiger partial charge in [0.25, 0.3) is 0 Å². The molecular weight excluding hydrogens is 488 g/mol. The topological polar surface area (TPSA) is 77.9 Å². The molecule has 0 spiro atoms. The van der Waals surface area contributed by atoms with Gasteiger partial charge in [-0.05, 0) is 61.6 Å². The number of rotatable bonds is 5. The van der Waals surface area contributed by atoms with Crippen LogP contribution in [0.4, 0.5) is 17.6 Å². The molecule has 1 heterocycles. The van der Waals surface area contributed by atoms with Crippen LogP contribution in [0, 0.1) is 11.7 Å². The monoisotopic (exact) mass is 514 g/mol. The van der Waals surface area contributed by atoms with E-state index >= 15 is 0 Å². The van der Waals surface area contributed by atoms with Crippen molar-refractivity contribution in [2.45, 2.75) is 56.4 Å². The fourth-order valence-electron chi connectivity index (χ4n) is 5.31. The Kier molecular flexibility index (Phi) is 6.71. The van der Waals surface area contributed by atoms with Crippen LogP contribution in [0.25, 0.3) is 0 Å². The first-order valence-electron chi connectivity index (χ1n) is 11.2. The molecule has 190 valence electrons. The number of fused-ring (bicyclic) bond motifs is 1. The van der Waals surface area contributed by atoms with Gasteiger partial charge in [-0.1, -0.05) is 18.2 Å². The molecule has 1 fully saturated rings. The summed E-state index contributed by atoms with van der Waals surface area (Å²) in [6.07, 6.45) is -4.33. The van der Waals surface area contributed by atoms with Gasteiger partial charge in [0.1, 0.15) is 5.82 Å². The number of carboxylic acids is 1. The Morgan fingerprint density at radius 2 is 1.74 bits per heavy atom. The molecule has 1 N–H and O–H groups in total. The first-order valence-corrected chi connectivity index (χ1v) is 12.7. The Morgan fingerprint density at radius 1 is 1.09 bits per heavy atom. The number of benzene rings is 2. The van der Waals surface area contributed by atoms with Crippen molar-refractivity contribution in [3.8, 4) is 0 Å². The largest absolute Gasteiger partial charge is 0.481 e. The van der Waals surface area contributed by atoms with E-state index in [4.69, 9.17) is 0 Å². The van der Waals surface area contributed by atoms with E-state index in [0.29, 0.717) is 24.2 Å². The molecule has 0 amide bonds. The summed E-state index contributed by atoms with van der Waals surface area (Å²) in [6, 6.07) is 6.79. The number of carboxylic acid groups (broad SMARTS) is 1. The highest BCUT2D eigenvalue weighted by molar-refractivity contribution is 7.89. The molecule has 1 aliphatic carbocycles. The standard InChI is InChI=1S/C24H26F4N2O4S/c1-14-11-29(13-16-6-7-20(21(25)8-16)24(26,27)28)12-15(2)30(14)35(33,34)22-5-3-4-17-9-18(23(31)32)10-19(17)22/h3-8,14-15,18H,9-13H2,1-2H3,(H,31,32). The van der Waals surface area contributed by atoms with Gasteiger partial charge in [-0.3, -0.25) is 9.69 Å². The van der Waals surface area contributed by atoms with E-state index in [1.807, 2.05) is 4.90 Å². The van der Waals surface area contributed by atoms with Crippen molar-refractivity contribution in [1.82, 2.24) is 9.21 Å². The minimum atomic E-state index is -4.77. The number of piperazine rings is 1. The highest BCUT2D eigenvalue weighted by Gasteiger charge is 2.41. The van der Waals surface area contributed by atoms with E-state index in [1.54, 1.807) is 26.0 Å². The lowest BCUT2D eigenvalue weighted by Gasteiger charge is -2.43.